The van der Waals surface area contributed by atoms with Gasteiger partial charge in [0, 0.05) is 0 Å². The summed E-state index contributed by atoms with van der Waals surface area (Å²) in [5.74, 6) is 0.170. The lowest BCUT2D eigenvalue weighted by molar-refractivity contribution is -0.159. The van der Waals surface area contributed by atoms with Crippen LogP contribution in [0.4, 0.5) is 0 Å². The highest BCUT2D eigenvalue weighted by molar-refractivity contribution is 6.00. The van der Waals surface area contributed by atoms with Gasteiger partial charge in [-0.25, -0.2) is 0 Å². The van der Waals surface area contributed by atoms with Crippen LogP contribution in [-0.4, -0.2) is 58.9 Å². The standard InChI is InChI=1S/C19H32N2O4/c1-7-10-11-12-14-19(5,23)17(20(8-2)9-3)15-16(25-14)13(4)21(24-6)18(15)22/h14,17,23H,4,7-12H2,1-3,5-6H3/t14-,17+,19-/m0/s1. The van der Waals surface area contributed by atoms with Gasteiger partial charge in [0.25, 0.3) is 5.91 Å². The highest BCUT2D eigenvalue weighted by atomic mass is 16.7. The molecule has 2 rings (SSSR count). The average molecular weight is 352 g/mol. The van der Waals surface area contributed by atoms with Crippen molar-refractivity contribution in [2.75, 3.05) is 20.2 Å². The molecule has 0 aliphatic carbocycles. The van der Waals surface area contributed by atoms with Gasteiger partial charge in [0.2, 0.25) is 0 Å². The molecule has 142 valence electrons. The number of amides is 1. The van der Waals surface area contributed by atoms with E-state index in [0.29, 0.717) is 17.0 Å². The van der Waals surface area contributed by atoms with Gasteiger partial charge in [-0.15, -0.1) is 0 Å². The molecule has 0 spiro atoms. The molecule has 0 bridgehead atoms. The molecular formula is C19H32N2O4. The molecule has 25 heavy (non-hydrogen) atoms. The number of likely N-dealkylation sites (N-methyl/N-ethyl adjacent to an activating group) is 1. The van der Waals surface area contributed by atoms with Gasteiger partial charge in [0.15, 0.2) is 5.76 Å². The van der Waals surface area contributed by atoms with Crippen LogP contribution in [-0.2, 0) is 14.4 Å². The molecule has 1 amide bonds. The van der Waals surface area contributed by atoms with Crippen molar-refractivity contribution < 1.29 is 19.5 Å². The van der Waals surface area contributed by atoms with E-state index in [1.54, 1.807) is 6.92 Å². The van der Waals surface area contributed by atoms with E-state index >= 15 is 0 Å². The molecule has 3 atom stereocenters. The Morgan fingerprint density at radius 2 is 1.96 bits per heavy atom. The van der Waals surface area contributed by atoms with Crippen molar-refractivity contribution in [3.8, 4) is 0 Å². The smallest absolute Gasteiger partial charge is 0.283 e. The summed E-state index contributed by atoms with van der Waals surface area (Å²) in [7, 11) is 1.44. The first-order chi connectivity index (χ1) is 11.8. The van der Waals surface area contributed by atoms with Gasteiger partial charge < -0.3 is 9.84 Å². The van der Waals surface area contributed by atoms with Crippen molar-refractivity contribution in [2.45, 2.75) is 71.1 Å². The molecular weight excluding hydrogens is 320 g/mol. The summed E-state index contributed by atoms with van der Waals surface area (Å²) in [6.45, 7) is 13.4. The summed E-state index contributed by atoms with van der Waals surface area (Å²) in [5, 5.41) is 12.6. The van der Waals surface area contributed by atoms with E-state index in [1.807, 2.05) is 13.8 Å². The van der Waals surface area contributed by atoms with Gasteiger partial charge in [0.1, 0.15) is 17.4 Å². The van der Waals surface area contributed by atoms with Crippen LogP contribution >= 0.6 is 0 Å². The molecule has 2 aliphatic rings. The minimum atomic E-state index is -1.17. The van der Waals surface area contributed by atoms with Crippen molar-refractivity contribution in [3.63, 3.8) is 0 Å². The van der Waals surface area contributed by atoms with Crippen molar-refractivity contribution in [3.05, 3.63) is 23.6 Å². The molecule has 0 aromatic carbocycles. The number of ether oxygens (including phenoxy) is 1. The molecule has 6 heteroatoms. The predicted octanol–water partition coefficient (Wildman–Crippen LogP) is 2.60. The van der Waals surface area contributed by atoms with E-state index in [1.165, 1.54) is 7.11 Å². The van der Waals surface area contributed by atoms with Gasteiger partial charge in [-0.1, -0.05) is 40.2 Å². The Kier molecular flexibility index (Phi) is 6.30. The third-order valence-electron chi connectivity index (χ3n) is 5.34. The monoisotopic (exact) mass is 352 g/mol. The number of nitrogens with zero attached hydrogens (tertiary/aromatic N) is 2. The maximum atomic E-state index is 12.8. The van der Waals surface area contributed by atoms with Crippen LogP contribution < -0.4 is 0 Å². The van der Waals surface area contributed by atoms with Crippen molar-refractivity contribution in [2.24, 2.45) is 0 Å². The highest BCUT2D eigenvalue weighted by Gasteiger charge is 2.56. The summed E-state index contributed by atoms with van der Waals surface area (Å²) in [5.41, 5.74) is -0.305. The molecule has 0 unspecified atom stereocenters. The van der Waals surface area contributed by atoms with E-state index < -0.39 is 11.6 Å². The second-order valence-corrected chi connectivity index (χ2v) is 6.92. The van der Waals surface area contributed by atoms with Crippen LogP contribution in [0.15, 0.2) is 23.6 Å². The van der Waals surface area contributed by atoms with Crippen LogP contribution in [0.1, 0.15) is 53.4 Å². The van der Waals surface area contributed by atoms with E-state index in [2.05, 4.69) is 18.4 Å². The maximum absolute atomic E-state index is 12.8. The molecule has 0 saturated heterocycles. The topological polar surface area (TPSA) is 62.2 Å². The van der Waals surface area contributed by atoms with Crippen molar-refractivity contribution in [1.82, 2.24) is 9.96 Å². The Morgan fingerprint density at radius 1 is 1.32 bits per heavy atom. The molecule has 1 N–H and O–H groups in total. The molecule has 0 aromatic heterocycles. The van der Waals surface area contributed by atoms with Gasteiger partial charge in [-0.3, -0.25) is 14.5 Å². The van der Waals surface area contributed by atoms with Gasteiger partial charge >= 0.3 is 0 Å². The second kappa shape index (κ2) is 7.89. The SMILES string of the molecule is C=C1C2=C(C(=O)N1OC)[C@@H](N(CC)CC)[C@@](C)(O)[C@H](CCCCC)O2. The third kappa shape index (κ3) is 3.35. The zero-order valence-corrected chi connectivity index (χ0v) is 16.2. The summed E-state index contributed by atoms with van der Waals surface area (Å²) in [6.07, 6.45) is 3.51. The molecule has 0 fully saturated rings. The number of rotatable bonds is 8. The zero-order valence-electron chi connectivity index (χ0n) is 16.2. The Bertz CT molecular complexity index is 552. The zero-order chi connectivity index (χ0) is 18.8. The van der Waals surface area contributed by atoms with Gasteiger partial charge in [-0.05, 0) is 32.9 Å². The van der Waals surface area contributed by atoms with Crippen LogP contribution in [0.5, 0.6) is 0 Å². The van der Waals surface area contributed by atoms with E-state index in [-0.39, 0.29) is 12.0 Å². The molecule has 0 aromatic rings. The third-order valence-corrected chi connectivity index (χ3v) is 5.34. The van der Waals surface area contributed by atoms with Crippen LogP contribution in [0, 0.1) is 0 Å². The average Bonchev–Trinajstić information content (AvgIpc) is 2.81. The maximum Gasteiger partial charge on any atom is 0.283 e. The van der Waals surface area contributed by atoms with Crippen LogP contribution in [0.25, 0.3) is 0 Å². The highest BCUT2D eigenvalue weighted by Crippen LogP contribution is 2.44. The minimum Gasteiger partial charge on any atom is -0.485 e. The van der Waals surface area contributed by atoms with E-state index in [0.717, 1.165) is 43.8 Å². The minimum absolute atomic E-state index is 0.299. The number of carbonyl (C=O) groups is 1. The summed E-state index contributed by atoms with van der Waals surface area (Å²) in [4.78, 5) is 20.1. The lowest BCUT2D eigenvalue weighted by Gasteiger charge is -2.47. The van der Waals surface area contributed by atoms with Gasteiger partial charge in [-0.2, -0.15) is 5.06 Å². The van der Waals surface area contributed by atoms with E-state index in [9.17, 15) is 9.90 Å². The first-order valence-electron chi connectivity index (χ1n) is 9.30. The lowest BCUT2D eigenvalue weighted by Crippen LogP contribution is -2.61. The molecule has 2 aliphatic heterocycles. The second-order valence-electron chi connectivity index (χ2n) is 6.92. The van der Waals surface area contributed by atoms with Crippen molar-refractivity contribution >= 4 is 5.91 Å². The number of hydroxylamine groups is 2. The van der Waals surface area contributed by atoms with Crippen LogP contribution in [0.3, 0.4) is 0 Å². The molecule has 2 heterocycles. The van der Waals surface area contributed by atoms with Gasteiger partial charge in [0.05, 0.1) is 18.7 Å². The fraction of sp³-hybridized carbons (Fsp3) is 0.737. The Balaban J connectivity index is 2.47. The molecule has 0 saturated carbocycles. The number of carbonyl (C=O) groups excluding carboxylic acids is 1. The summed E-state index contributed by atoms with van der Waals surface area (Å²) in [6, 6.07) is -0.442. The lowest BCUT2D eigenvalue weighted by atomic mass is 9.79. The van der Waals surface area contributed by atoms with Crippen molar-refractivity contribution in [1.29, 1.82) is 0 Å². The fourth-order valence-electron chi connectivity index (χ4n) is 3.94. The van der Waals surface area contributed by atoms with E-state index in [4.69, 9.17) is 9.57 Å². The fourth-order valence-corrected chi connectivity index (χ4v) is 3.94. The molecule has 6 nitrogen and oxygen atoms in total. The number of aliphatic hydroxyl groups is 1. The number of hydrogen-bond acceptors (Lipinski definition) is 5. The Labute approximate surface area is 151 Å². The number of hydrogen-bond donors (Lipinski definition) is 1. The Hall–Kier alpha value is -1.37. The first kappa shape index (κ1) is 19.9. The molecule has 0 radical (unpaired) electrons. The predicted molar refractivity (Wildman–Crippen MR) is 96.4 cm³/mol. The normalized spacial score (nSPS) is 29.5. The summed E-state index contributed by atoms with van der Waals surface area (Å²) < 4.78 is 6.12. The largest absolute Gasteiger partial charge is 0.485 e. The quantitative estimate of drug-likeness (QED) is 0.681. The summed E-state index contributed by atoms with van der Waals surface area (Å²) >= 11 is 0. The number of unbranched alkanes of at least 4 members (excludes halogenated alkanes) is 2. The Morgan fingerprint density at radius 3 is 2.48 bits per heavy atom. The van der Waals surface area contributed by atoms with Crippen LogP contribution in [0.2, 0.25) is 0 Å². The first-order valence-corrected chi connectivity index (χ1v) is 9.30.